The van der Waals surface area contributed by atoms with E-state index in [1.54, 1.807) is 24.3 Å². The first-order valence-electron chi connectivity index (χ1n) is 11.0. The fourth-order valence-corrected chi connectivity index (χ4v) is 4.11. The number of nitrogens with zero attached hydrogens (tertiary/aromatic N) is 1. The maximum absolute atomic E-state index is 13.0. The molecule has 2 heterocycles. The van der Waals surface area contributed by atoms with Crippen LogP contribution < -0.4 is 10.6 Å². The third-order valence-electron chi connectivity index (χ3n) is 5.79. The number of rotatable bonds is 5. The number of H-pyrrole nitrogens is 1. The van der Waals surface area contributed by atoms with Crippen molar-refractivity contribution in [3.05, 3.63) is 95.7 Å². The number of aromatic nitrogens is 2. The van der Waals surface area contributed by atoms with E-state index < -0.39 is 11.7 Å². The summed E-state index contributed by atoms with van der Waals surface area (Å²) in [6.07, 6.45) is -2.34. The van der Waals surface area contributed by atoms with Gasteiger partial charge in [-0.1, -0.05) is 24.3 Å². The van der Waals surface area contributed by atoms with Crippen LogP contribution in [-0.4, -0.2) is 15.9 Å². The summed E-state index contributed by atoms with van der Waals surface area (Å²) in [5, 5.41) is 7.74. The van der Waals surface area contributed by atoms with Crippen molar-refractivity contribution in [2.24, 2.45) is 0 Å². The number of aromatic amines is 1. The minimum atomic E-state index is -4.42. The first kappa shape index (κ1) is 22.5. The van der Waals surface area contributed by atoms with Crippen molar-refractivity contribution in [1.82, 2.24) is 9.97 Å². The number of hydrogen-bond acceptors (Lipinski definition) is 3. The third kappa shape index (κ3) is 4.82. The highest BCUT2D eigenvalue weighted by Crippen LogP contribution is 2.32. The Morgan fingerprint density at radius 1 is 0.943 bits per heavy atom. The number of alkyl halides is 3. The van der Waals surface area contributed by atoms with Crippen LogP contribution in [0.25, 0.3) is 21.8 Å². The average Bonchev–Trinajstić information content (AvgIpc) is 3.22. The molecule has 0 atom stereocenters. The number of pyridine rings is 1. The highest BCUT2D eigenvalue weighted by molar-refractivity contribution is 5.98. The predicted molar refractivity (Wildman–Crippen MR) is 132 cm³/mol. The minimum absolute atomic E-state index is 0.137. The first-order chi connectivity index (χ1) is 16.8. The standard InChI is InChI=1S/C27H21F3N4O/c1-16-11-25(32-19-6-4-5-18(13-19)27(28,29)30)34-24-10-9-20(14-22(16)24)33-26(35)12-17-15-31-23-8-3-2-7-21(17)23/h2-11,13-15,31H,12H2,1H3,(H,32,34)(H,33,35). The number of amides is 1. The zero-order valence-corrected chi connectivity index (χ0v) is 18.7. The Morgan fingerprint density at radius 3 is 2.60 bits per heavy atom. The van der Waals surface area contributed by atoms with Crippen LogP contribution in [0.1, 0.15) is 16.7 Å². The summed E-state index contributed by atoms with van der Waals surface area (Å²) in [7, 11) is 0. The van der Waals surface area contributed by atoms with Crippen LogP contribution in [0.3, 0.4) is 0 Å². The van der Waals surface area contributed by atoms with Gasteiger partial charge in [0.1, 0.15) is 5.82 Å². The molecular formula is C27H21F3N4O. The van der Waals surface area contributed by atoms with Gasteiger partial charge in [0.2, 0.25) is 5.91 Å². The Kier molecular flexibility index (Phi) is 5.64. The number of carbonyl (C=O) groups excluding carboxylic acids is 1. The summed E-state index contributed by atoms with van der Waals surface area (Å²) in [6, 6.07) is 20.0. The molecule has 3 N–H and O–H groups in total. The molecule has 3 aromatic carbocycles. The molecule has 5 nitrogen and oxygen atoms in total. The maximum atomic E-state index is 13.0. The van der Waals surface area contributed by atoms with E-state index in [-0.39, 0.29) is 12.3 Å². The second-order valence-electron chi connectivity index (χ2n) is 8.34. The van der Waals surface area contributed by atoms with Gasteiger partial charge in [-0.3, -0.25) is 4.79 Å². The van der Waals surface area contributed by atoms with Crippen LogP contribution in [0, 0.1) is 6.92 Å². The maximum Gasteiger partial charge on any atom is 0.416 e. The Balaban J connectivity index is 1.34. The highest BCUT2D eigenvalue weighted by atomic mass is 19.4. The van der Waals surface area contributed by atoms with Gasteiger partial charge in [-0.25, -0.2) is 4.98 Å². The van der Waals surface area contributed by atoms with E-state index in [9.17, 15) is 18.0 Å². The van der Waals surface area contributed by atoms with Crippen molar-refractivity contribution in [3.63, 3.8) is 0 Å². The lowest BCUT2D eigenvalue weighted by molar-refractivity contribution is -0.137. The zero-order valence-electron chi connectivity index (χ0n) is 18.7. The van der Waals surface area contributed by atoms with Crippen molar-refractivity contribution in [2.45, 2.75) is 19.5 Å². The molecule has 2 aromatic heterocycles. The number of nitrogens with one attached hydrogen (secondary N) is 3. The van der Waals surface area contributed by atoms with E-state index in [2.05, 4.69) is 20.6 Å². The highest BCUT2D eigenvalue weighted by Gasteiger charge is 2.30. The second-order valence-corrected chi connectivity index (χ2v) is 8.34. The molecule has 0 saturated heterocycles. The fourth-order valence-electron chi connectivity index (χ4n) is 4.11. The van der Waals surface area contributed by atoms with Crippen molar-refractivity contribution in [3.8, 4) is 0 Å². The molecule has 176 valence electrons. The number of halogens is 3. The van der Waals surface area contributed by atoms with Crippen molar-refractivity contribution >= 4 is 44.9 Å². The first-order valence-corrected chi connectivity index (χ1v) is 11.0. The van der Waals surface area contributed by atoms with E-state index in [4.69, 9.17) is 0 Å². The molecule has 0 aliphatic rings. The van der Waals surface area contributed by atoms with Crippen LogP contribution in [-0.2, 0) is 17.4 Å². The van der Waals surface area contributed by atoms with Gasteiger partial charge in [0.25, 0.3) is 0 Å². The number of para-hydroxylation sites is 1. The number of carbonyl (C=O) groups is 1. The number of fused-ring (bicyclic) bond motifs is 2. The summed E-state index contributed by atoms with van der Waals surface area (Å²) in [5.41, 5.74) is 3.65. The van der Waals surface area contributed by atoms with Gasteiger partial charge in [-0.15, -0.1) is 0 Å². The van der Waals surface area contributed by atoms with E-state index in [1.807, 2.05) is 43.5 Å². The minimum Gasteiger partial charge on any atom is -0.361 e. The predicted octanol–water partition coefficient (Wildman–Crippen LogP) is 6.97. The SMILES string of the molecule is Cc1cc(Nc2cccc(C(F)(F)F)c2)nc2ccc(NC(=O)Cc3c[nH]c4ccccc34)cc12. The van der Waals surface area contributed by atoms with Gasteiger partial charge in [-0.05, 0) is 66.6 Å². The molecule has 5 aromatic rings. The van der Waals surface area contributed by atoms with Crippen molar-refractivity contribution < 1.29 is 18.0 Å². The molecule has 5 rings (SSSR count). The molecule has 8 heteroatoms. The Hall–Kier alpha value is -4.33. The van der Waals surface area contributed by atoms with Crippen LogP contribution in [0.4, 0.5) is 30.4 Å². The smallest absolute Gasteiger partial charge is 0.361 e. The van der Waals surface area contributed by atoms with Crippen molar-refractivity contribution in [2.75, 3.05) is 10.6 Å². The summed E-state index contributed by atoms with van der Waals surface area (Å²) >= 11 is 0. The third-order valence-corrected chi connectivity index (χ3v) is 5.79. The molecule has 1 amide bonds. The Morgan fingerprint density at radius 2 is 1.77 bits per heavy atom. The number of hydrogen-bond donors (Lipinski definition) is 3. The van der Waals surface area contributed by atoms with Crippen LogP contribution in [0.5, 0.6) is 0 Å². The Bertz CT molecular complexity index is 1560. The average molecular weight is 474 g/mol. The second kappa shape index (κ2) is 8.79. The lowest BCUT2D eigenvalue weighted by Crippen LogP contribution is -2.14. The van der Waals surface area contributed by atoms with Gasteiger partial charge in [0.15, 0.2) is 0 Å². The molecule has 35 heavy (non-hydrogen) atoms. The quantitative estimate of drug-likeness (QED) is 0.258. The molecule has 0 fully saturated rings. The molecule has 0 radical (unpaired) electrons. The zero-order chi connectivity index (χ0) is 24.6. The lowest BCUT2D eigenvalue weighted by atomic mass is 10.1. The topological polar surface area (TPSA) is 69.8 Å². The number of anilines is 3. The van der Waals surface area contributed by atoms with Gasteiger partial charge in [0, 0.05) is 33.9 Å². The molecule has 0 saturated carbocycles. The molecule has 0 unspecified atom stereocenters. The fraction of sp³-hybridized carbons (Fsp3) is 0.111. The Labute approximate surface area is 199 Å². The van der Waals surface area contributed by atoms with E-state index in [1.165, 1.54) is 6.07 Å². The summed E-state index contributed by atoms with van der Waals surface area (Å²) in [6.45, 7) is 1.89. The van der Waals surface area contributed by atoms with E-state index >= 15 is 0 Å². The van der Waals surface area contributed by atoms with Gasteiger partial charge in [0.05, 0.1) is 17.5 Å². The van der Waals surface area contributed by atoms with Gasteiger partial charge < -0.3 is 15.6 Å². The number of benzene rings is 3. The van der Waals surface area contributed by atoms with E-state index in [0.29, 0.717) is 22.7 Å². The monoisotopic (exact) mass is 474 g/mol. The number of aryl methyl sites for hydroxylation is 1. The van der Waals surface area contributed by atoms with Crippen molar-refractivity contribution in [1.29, 1.82) is 0 Å². The van der Waals surface area contributed by atoms with Crippen LogP contribution in [0.15, 0.2) is 79.0 Å². The summed E-state index contributed by atoms with van der Waals surface area (Å²) in [4.78, 5) is 20.4. The van der Waals surface area contributed by atoms with Gasteiger partial charge in [-0.2, -0.15) is 13.2 Å². The molecule has 0 spiro atoms. The molecular weight excluding hydrogens is 453 g/mol. The van der Waals surface area contributed by atoms with E-state index in [0.717, 1.165) is 39.5 Å². The summed E-state index contributed by atoms with van der Waals surface area (Å²) in [5.74, 6) is 0.299. The van der Waals surface area contributed by atoms with Gasteiger partial charge >= 0.3 is 6.18 Å². The van der Waals surface area contributed by atoms with Crippen LogP contribution in [0.2, 0.25) is 0 Å². The molecule has 0 aliphatic heterocycles. The molecule has 0 aliphatic carbocycles. The normalized spacial score (nSPS) is 11.7. The molecule has 0 bridgehead atoms. The summed E-state index contributed by atoms with van der Waals surface area (Å²) < 4.78 is 39.0. The lowest BCUT2D eigenvalue weighted by Gasteiger charge is -2.12. The van der Waals surface area contributed by atoms with Crippen LogP contribution >= 0.6 is 0 Å². The largest absolute Gasteiger partial charge is 0.416 e.